The van der Waals surface area contributed by atoms with Crippen LogP contribution in [0.5, 0.6) is 0 Å². The van der Waals surface area contributed by atoms with E-state index in [1.807, 2.05) is 6.92 Å². The van der Waals surface area contributed by atoms with E-state index in [0.717, 1.165) is 17.8 Å². The van der Waals surface area contributed by atoms with Gasteiger partial charge in [0.25, 0.3) is 0 Å². The van der Waals surface area contributed by atoms with Gasteiger partial charge in [0.05, 0.1) is 6.33 Å². The number of aromatic nitrogens is 4. The molecule has 0 saturated carbocycles. The summed E-state index contributed by atoms with van der Waals surface area (Å²) in [6.45, 7) is 4.29. The average molecular weight is 235 g/mol. The van der Waals surface area contributed by atoms with Gasteiger partial charge in [-0.1, -0.05) is 6.92 Å². The number of nitrogens with zero attached hydrogens (tertiary/aromatic N) is 3. The molecule has 0 radical (unpaired) electrons. The van der Waals surface area contributed by atoms with Crippen LogP contribution in [0.2, 0.25) is 0 Å². The third-order valence-electron chi connectivity index (χ3n) is 2.67. The van der Waals surface area contributed by atoms with Gasteiger partial charge < -0.3 is 15.4 Å². The lowest BCUT2D eigenvalue weighted by molar-refractivity contribution is 0.226. The van der Waals surface area contributed by atoms with Crippen LogP contribution < -0.4 is 5.32 Å². The van der Waals surface area contributed by atoms with Crippen LogP contribution in [0, 0.1) is 5.92 Å². The van der Waals surface area contributed by atoms with E-state index < -0.39 is 0 Å². The van der Waals surface area contributed by atoms with Crippen LogP contribution in [0.4, 0.5) is 5.82 Å². The summed E-state index contributed by atoms with van der Waals surface area (Å²) in [5.41, 5.74) is 1.47. The van der Waals surface area contributed by atoms with Gasteiger partial charge in [0.2, 0.25) is 0 Å². The molecule has 0 saturated heterocycles. The molecule has 0 amide bonds. The SMILES string of the molecule is CC(CO)C[C@@H](C)Nc1ncnc2nc[nH]c12. The summed E-state index contributed by atoms with van der Waals surface area (Å²) in [5.74, 6) is 1.03. The van der Waals surface area contributed by atoms with Crippen molar-refractivity contribution in [2.75, 3.05) is 11.9 Å². The van der Waals surface area contributed by atoms with Crippen molar-refractivity contribution in [2.24, 2.45) is 5.92 Å². The number of aliphatic hydroxyl groups is 1. The molecule has 17 heavy (non-hydrogen) atoms. The predicted molar refractivity (Wildman–Crippen MR) is 65.6 cm³/mol. The summed E-state index contributed by atoms with van der Waals surface area (Å²) >= 11 is 0. The summed E-state index contributed by atoms with van der Waals surface area (Å²) in [7, 11) is 0. The fourth-order valence-electron chi connectivity index (χ4n) is 1.84. The lowest BCUT2D eigenvalue weighted by atomic mass is 10.0. The zero-order valence-corrected chi connectivity index (χ0v) is 10.0. The topological polar surface area (TPSA) is 86.7 Å². The van der Waals surface area contributed by atoms with E-state index in [4.69, 9.17) is 5.11 Å². The van der Waals surface area contributed by atoms with Crippen molar-refractivity contribution in [3.63, 3.8) is 0 Å². The minimum atomic E-state index is 0.204. The Hall–Kier alpha value is -1.69. The number of rotatable bonds is 5. The Balaban J connectivity index is 2.10. The van der Waals surface area contributed by atoms with Crippen molar-refractivity contribution in [1.82, 2.24) is 19.9 Å². The summed E-state index contributed by atoms with van der Waals surface area (Å²) < 4.78 is 0. The van der Waals surface area contributed by atoms with Gasteiger partial charge in [0, 0.05) is 12.6 Å². The van der Waals surface area contributed by atoms with Crippen LogP contribution in [0.15, 0.2) is 12.7 Å². The number of anilines is 1. The summed E-state index contributed by atoms with van der Waals surface area (Å²) in [6, 6.07) is 0.235. The smallest absolute Gasteiger partial charge is 0.182 e. The molecular formula is C11H17N5O. The molecule has 0 aliphatic rings. The second kappa shape index (κ2) is 5.09. The van der Waals surface area contributed by atoms with Gasteiger partial charge in [0.15, 0.2) is 11.5 Å². The molecule has 2 aromatic rings. The molecule has 3 N–H and O–H groups in total. The van der Waals surface area contributed by atoms with Gasteiger partial charge in [-0.15, -0.1) is 0 Å². The Labute approximate surface area is 99.5 Å². The fourth-order valence-corrected chi connectivity index (χ4v) is 1.84. The summed E-state index contributed by atoms with van der Waals surface area (Å²) in [4.78, 5) is 15.3. The highest BCUT2D eigenvalue weighted by molar-refractivity contribution is 5.81. The van der Waals surface area contributed by atoms with E-state index in [-0.39, 0.29) is 18.6 Å². The van der Waals surface area contributed by atoms with E-state index in [1.165, 1.54) is 6.33 Å². The van der Waals surface area contributed by atoms with Crippen molar-refractivity contribution in [2.45, 2.75) is 26.3 Å². The molecule has 6 heteroatoms. The van der Waals surface area contributed by atoms with Crippen LogP contribution in [-0.2, 0) is 0 Å². The Morgan fingerprint density at radius 3 is 2.94 bits per heavy atom. The molecule has 0 aliphatic heterocycles. The lowest BCUT2D eigenvalue weighted by Gasteiger charge is -2.17. The third kappa shape index (κ3) is 2.71. The van der Waals surface area contributed by atoms with Gasteiger partial charge >= 0.3 is 0 Å². The van der Waals surface area contributed by atoms with Crippen molar-refractivity contribution >= 4 is 17.0 Å². The maximum atomic E-state index is 9.02. The molecule has 0 aliphatic carbocycles. The Morgan fingerprint density at radius 1 is 1.35 bits per heavy atom. The molecule has 0 bridgehead atoms. The molecule has 92 valence electrons. The summed E-state index contributed by atoms with van der Waals surface area (Å²) in [5, 5.41) is 12.3. The molecule has 0 fully saturated rings. The maximum absolute atomic E-state index is 9.02. The highest BCUT2D eigenvalue weighted by atomic mass is 16.3. The largest absolute Gasteiger partial charge is 0.396 e. The van der Waals surface area contributed by atoms with E-state index in [2.05, 4.69) is 32.2 Å². The van der Waals surface area contributed by atoms with E-state index in [1.54, 1.807) is 6.33 Å². The van der Waals surface area contributed by atoms with Crippen molar-refractivity contribution < 1.29 is 5.11 Å². The van der Waals surface area contributed by atoms with Gasteiger partial charge in [0.1, 0.15) is 11.8 Å². The molecular weight excluding hydrogens is 218 g/mol. The third-order valence-corrected chi connectivity index (χ3v) is 2.67. The zero-order chi connectivity index (χ0) is 12.3. The molecule has 2 rings (SSSR count). The Bertz CT molecular complexity index is 483. The number of aliphatic hydroxyl groups excluding tert-OH is 1. The van der Waals surface area contributed by atoms with Crippen molar-refractivity contribution in [3.05, 3.63) is 12.7 Å². The molecule has 6 nitrogen and oxygen atoms in total. The lowest BCUT2D eigenvalue weighted by Crippen LogP contribution is -2.20. The molecule has 0 aromatic carbocycles. The number of imidazole rings is 1. The van der Waals surface area contributed by atoms with E-state index in [9.17, 15) is 0 Å². The van der Waals surface area contributed by atoms with Crippen LogP contribution >= 0.6 is 0 Å². The number of hydrogen-bond acceptors (Lipinski definition) is 5. The average Bonchev–Trinajstić information content (AvgIpc) is 2.78. The quantitative estimate of drug-likeness (QED) is 0.724. The first-order valence-electron chi connectivity index (χ1n) is 5.72. The molecule has 1 unspecified atom stereocenters. The fraction of sp³-hybridized carbons (Fsp3) is 0.545. The number of H-pyrrole nitrogens is 1. The van der Waals surface area contributed by atoms with E-state index >= 15 is 0 Å². The van der Waals surface area contributed by atoms with Crippen molar-refractivity contribution in [1.29, 1.82) is 0 Å². The molecule has 2 heterocycles. The molecule has 0 spiro atoms. The van der Waals surface area contributed by atoms with E-state index in [0.29, 0.717) is 5.65 Å². The minimum Gasteiger partial charge on any atom is -0.396 e. The number of hydrogen-bond donors (Lipinski definition) is 3. The van der Waals surface area contributed by atoms with Gasteiger partial charge in [-0.05, 0) is 19.3 Å². The Morgan fingerprint density at radius 2 is 2.18 bits per heavy atom. The minimum absolute atomic E-state index is 0.204. The van der Waals surface area contributed by atoms with Gasteiger partial charge in [-0.3, -0.25) is 0 Å². The van der Waals surface area contributed by atoms with Gasteiger partial charge in [-0.25, -0.2) is 15.0 Å². The number of aromatic amines is 1. The second-order valence-corrected chi connectivity index (χ2v) is 4.39. The van der Waals surface area contributed by atoms with Crippen LogP contribution in [0.1, 0.15) is 20.3 Å². The highest BCUT2D eigenvalue weighted by Crippen LogP contribution is 2.17. The number of fused-ring (bicyclic) bond motifs is 1. The standard InChI is InChI=1S/C11H17N5O/c1-7(4-17)3-8(2)16-11-9-10(13-5-12-9)14-6-15-11/h5-8,17H,3-4H2,1-2H3,(H2,12,13,14,15,16)/t7?,8-/m1/s1. The first kappa shape index (κ1) is 11.8. The molecule has 2 aromatic heterocycles. The van der Waals surface area contributed by atoms with Crippen LogP contribution in [-0.4, -0.2) is 37.7 Å². The first-order chi connectivity index (χ1) is 8.20. The zero-order valence-electron chi connectivity index (χ0n) is 10.0. The summed E-state index contributed by atoms with van der Waals surface area (Å²) in [6.07, 6.45) is 3.98. The van der Waals surface area contributed by atoms with Crippen LogP contribution in [0.25, 0.3) is 11.2 Å². The highest BCUT2D eigenvalue weighted by Gasteiger charge is 2.11. The first-order valence-corrected chi connectivity index (χ1v) is 5.72. The Kier molecular flexibility index (Phi) is 3.53. The maximum Gasteiger partial charge on any atom is 0.182 e. The van der Waals surface area contributed by atoms with Crippen LogP contribution in [0.3, 0.4) is 0 Å². The molecule has 2 atom stereocenters. The predicted octanol–water partition coefficient (Wildman–Crippen LogP) is 1.17. The van der Waals surface area contributed by atoms with Gasteiger partial charge in [-0.2, -0.15) is 0 Å². The monoisotopic (exact) mass is 235 g/mol. The number of nitrogens with one attached hydrogen (secondary N) is 2. The van der Waals surface area contributed by atoms with Crippen molar-refractivity contribution in [3.8, 4) is 0 Å². The normalized spacial score (nSPS) is 14.8. The second-order valence-electron chi connectivity index (χ2n) is 4.39.